The van der Waals surface area contributed by atoms with Crippen LogP contribution in [0.4, 0.5) is 14.9 Å². The highest BCUT2D eigenvalue weighted by Gasteiger charge is 2.31. The van der Waals surface area contributed by atoms with Crippen LogP contribution in [0, 0.1) is 5.82 Å². The Morgan fingerprint density at radius 1 is 1.10 bits per heavy atom. The predicted molar refractivity (Wildman–Crippen MR) is 114 cm³/mol. The fourth-order valence-electron chi connectivity index (χ4n) is 3.40. The number of benzene rings is 2. The number of fused-ring (bicyclic) bond motifs is 1. The lowest BCUT2D eigenvalue weighted by atomic mass is 10.00. The van der Waals surface area contributed by atoms with Crippen molar-refractivity contribution < 1.29 is 14.0 Å². The molecule has 3 aromatic rings. The Labute approximate surface area is 178 Å². The summed E-state index contributed by atoms with van der Waals surface area (Å²) in [6.07, 6.45) is 2.19. The van der Waals surface area contributed by atoms with Crippen molar-refractivity contribution in [2.75, 3.05) is 11.9 Å². The van der Waals surface area contributed by atoms with Crippen LogP contribution >= 0.6 is 0 Å². The van der Waals surface area contributed by atoms with Crippen molar-refractivity contribution in [2.24, 2.45) is 12.0 Å². The van der Waals surface area contributed by atoms with Crippen LogP contribution in [0.1, 0.15) is 16.7 Å². The van der Waals surface area contributed by atoms with Gasteiger partial charge >= 0.3 is 6.03 Å². The number of urea groups is 1. The Morgan fingerprint density at radius 2 is 1.81 bits per heavy atom. The van der Waals surface area contributed by atoms with E-state index in [4.69, 9.17) is 0 Å². The zero-order chi connectivity index (χ0) is 22.0. The third-order valence-electron chi connectivity index (χ3n) is 4.95. The molecule has 0 aliphatic carbocycles. The third kappa shape index (κ3) is 4.16. The molecule has 1 unspecified atom stereocenters. The lowest BCUT2D eigenvalue weighted by Gasteiger charge is -2.20. The van der Waals surface area contributed by atoms with Gasteiger partial charge in [-0.2, -0.15) is 5.10 Å². The number of aliphatic imine (C=N–C) groups is 1. The minimum Gasteiger partial charge on any atom is -0.334 e. The maximum atomic E-state index is 14.6. The molecule has 158 valence electrons. The van der Waals surface area contributed by atoms with Gasteiger partial charge in [-0.3, -0.25) is 9.48 Å². The molecule has 8 nitrogen and oxygen atoms in total. The van der Waals surface area contributed by atoms with E-state index < -0.39 is 23.9 Å². The van der Waals surface area contributed by atoms with Gasteiger partial charge in [0.05, 0.1) is 17.6 Å². The summed E-state index contributed by atoms with van der Waals surface area (Å²) in [6, 6.07) is 12.8. The van der Waals surface area contributed by atoms with E-state index in [0.717, 1.165) is 5.56 Å². The summed E-state index contributed by atoms with van der Waals surface area (Å²) in [4.78, 5) is 31.4. The molecular weight excluding hydrogens is 399 g/mol. The summed E-state index contributed by atoms with van der Waals surface area (Å²) in [6.45, 7) is 0.237. The van der Waals surface area contributed by atoms with Crippen LogP contribution < -0.4 is 15.5 Å². The Bertz CT molecular complexity index is 1170. The number of rotatable bonds is 4. The molecule has 1 aromatic heterocycles. The number of para-hydroxylation sites is 1. The number of carbonyl (C=O) groups excluding carboxylic acids is 2. The molecular formula is C22H21FN6O2. The van der Waals surface area contributed by atoms with Crippen molar-refractivity contribution in [3.05, 3.63) is 83.4 Å². The number of benzodiazepines with no additional fused rings is 1. The van der Waals surface area contributed by atoms with Crippen LogP contribution in [0.3, 0.4) is 0 Å². The molecule has 2 N–H and O–H groups in total. The Kier molecular flexibility index (Phi) is 5.48. The van der Waals surface area contributed by atoms with Crippen molar-refractivity contribution in [3.8, 4) is 0 Å². The van der Waals surface area contributed by atoms with Crippen molar-refractivity contribution in [1.29, 1.82) is 0 Å². The van der Waals surface area contributed by atoms with E-state index >= 15 is 0 Å². The van der Waals surface area contributed by atoms with Crippen molar-refractivity contribution in [2.45, 2.75) is 12.7 Å². The van der Waals surface area contributed by atoms with Crippen LogP contribution in [-0.2, 0) is 18.4 Å². The largest absolute Gasteiger partial charge is 0.334 e. The molecule has 0 fully saturated rings. The highest BCUT2D eigenvalue weighted by molar-refractivity contribution is 6.20. The van der Waals surface area contributed by atoms with E-state index in [1.54, 1.807) is 73.6 Å². The molecule has 31 heavy (non-hydrogen) atoms. The van der Waals surface area contributed by atoms with Gasteiger partial charge in [0.15, 0.2) is 0 Å². The molecule has 0 radical (unpaired) electrons. The molecule has 0 saturated carbocycles. The predicted octanol–water partition coefficient (Wildman–Crippen LogP) is 2.20. The van der Waals surface area contributed by atoms with Crippen LogP contribution in [0.15, 0.2) is 65.9 Å². The van der Waals surface area contributed by atoms with Gasteiger partial charge in [-0.15, -0.1) is 0 Å². The second kappa shape index (κ2) is 8.39. The maximum absolute atomic E-state index is 14.6. The maximum Gasteiger partial charge on any atom is 0.317 e. The van der Waals surface area contributed by atoms with Gasteiger partial charge in [0.2, 0.25) is 6.17 Å². The first-order valence-electron chi connectivity index (χ1n) is 9.65. The van der Waals surface area contributed by atoms with E-state index in [9.17, 15) is 14.0 Å². The first-order chi connectivity index (χ1) is 14.9. The summed E-state index contributed by atoms with van der Waals surface area (Å²) in [5, 5.41) is 9.32. The number of aromatic nitrogens is 2. The molecule has 0 bridgehead atoms. The van der Waals surface area contributed by atoms with Gasteiger partial charge in [-0.1, -0.05) is 30.3 Å². The summed E-state index contributed by atoms with van der Waals surface area (Å²) in [5.74, 6) is -0.900. The van der Waals surface area contributed by atoms with Crippen molar-refractivity contribution in [3.63, 3.8) is 0 Å². The molecule has 3 amide bonds. The monoisotopic (exact) mass is 420 g/mol. The van der Waals surface area contributed by atoms with Gasteiger partial charge in [0, 0.05) is 43.5 Å². The van der Waals surface area contributed by atoms with Crippen molar-refractivity contribution in [1.82, 2.24) is 20.4 Å². The van der Waals surface area contributed by atoms with Crippen LogP contribution in [-0.4, -0.2) is 40.6 Å². The van der Waals surface area contributed by atoms with E-state index in [2.05, 4.69) is 20.7 Å². The van der Waals surface area contributed by atoms with Crippen LogP contribution in [0.25, 0.3) is 0 Å². The minimum atomic E-state index is -1.22. The number of carbonyl (C=O) groups is 2. The SMILES string of the molecule is CN1C(=O)C(NC(=O)NCc2cnn(C)c2)N=C(c2ccccc2F)c2ccccc21. The summed E-state index contributed by atoms with van der Waals surface area (Å²) in [5.41, 5.74) is 2.53. The number of aryl methyl sites for hydroxylation is 1. The van der Waals surface area contributed by atoms with Crippen LogP contribution in [0.2, 0.25) is 0 Å². The number of hydrogen-bond acceptors (Lipinski definition) is 4. The highest BCUT2D eigenvalue weighted by Crippen LogP contribution is 2.27. The van der Waals surface area contributed by atoms with Crippen LogP contribution in [0.5, 0.6) is 0 Å². The number of amides is 3. The van der Waals surface area contributed by atoms with E-state index in [1.165, 1.54) is 11.0 Å². The summed E-state index contributed by atoms with van der Waals surface area (Å²) >= 11 is 0. The fraction of sp³-hybridized carbons (Fsp3) is 0.182. The lowest BCUT2D eigenvalue weighted by molar-refractivity contribution is -0.119. The molecule has 9 heteroatoms. The molecule has 0 spiro atoms. The van der Waals surface area contributed by atoms with Gasteiger partial charge < -0.3 is 15.5 Å². The van der Waals surface area contributed by atoms with Gasteiger partial charge in [-0.05, 0) is 18.2 Å². The lowest BCUT2D eigenvalue weighted by Crippen LogP contribution is -2.49. The van der Waals surface area contributed by atoms with E-state index in [-0.39, 0.29) is 12.1 Å². The zero-order valence-electron chi connectivity index (χ0n) is 17.0. The second-order valence-corrected chi connectivity index (χ2v) is 7.12. The Balaban J connectivity index is 1.65. The number of anilines is 1. The molecule has 2 aromatic carbocycles. The minimum absolute atomic E-state index is 0.237. The van der Waals surface area contributed by atoms with E-state index in [1.807, 2.05) is 0 Å². The van der Waals surface area contributed by atoms with Crippen molar-refractivity contribution >= 4 is 23.3 Å². The summed E-state index contributed by atoms with van der Waals surface area (Å²) in [7, 11) is 3.38. The molecule has 1 aliphatic heterocycles. The normalized spacial score (nSPS) is 15.7. The molecule has 4 rings (SSSR count). The Morgan fingerprint density at radius 3 is 2.52 bits per heavy atom. The standard InChI is InChI=1S/C22H21FN6O2/c1-28-13-14(12-25-28)11-24-22(31)27-20-21(30)29(2)18-10-6-4-8-16(18)19(26-20)15-7-3-5-9-17(15)23/h3-10,12-13,20H,11H2,1-2H3,(H2,24,27,31). The van der Waals surface area contributed by atoms with E-state index in [0.29, 0.717) is 17.0 Å². The number of hydrogen-bond donors (Lipinski definition) is 2. The first kappa shape index (κ1) is 20.3. The molecule has 1 aliphatic rings. The average Bonchev–Trinajstić information content (AvgIpc) is 3.16. The number of halogens is 1. The fourth-order valence-corrected chi connectivity index (χ4v) is 3.40. The van der Waals surface area contributed by atoms with Gasteiger partial charge in [-0.25, -0.2) is 14.2 Å². The third-order valence-corrected chi connectivity index (χ3v) is 4.95. The van der Waals surface area contributed by atoms with Gasteiger partial charge in [0.1, 0.15) is 5.82 Å². The van der Waals surface area contributed by atoms with Gasteiger partial charge in [0.25, 0.3) is 5.91 Å². The number of likely N-dealkylation sites (N-methyl/N-ethyl adjacent to an activating group) is 1. The zero-order valence-corrected chi connectivity index (χ0v) is 17.0. The smallest absolute Gasteiger partial charge is 0.317 e. The first-order valence-corrected chi connectivity index (χ1v) is 9.65. The molecule has 2 heterocycles. The topological polar surface area (TPSA) is 91.6 Å². The average molecular weight is 420 g/mol. The quantitative estimate of drug-likeness (QED) is 0.678. The molecule has 0 saturated heterocycles. The molecule has 1 atom stereocenters. The number of nitrogens with one attached hydrogen (secondary N) is 2. The summed E-state index contributed by atoms with van der Waals surface area (Å²) < 4.78 is 16.2. The highest BCUT2D eigenvalue weighted by atomic mass is 19.1. The second-order valence-electron chi connectivity index (χ2n) is 7.12. The Hall–Kier alpha value is -4.01. The number of nitrogens with zero attached hydrogens (tertiary/aromatic N) is 4.